The zero-order valence-corrected chi connectivity index (χ0v) is 41.0. The zero-order chi connectivity index (χ0) is 38.8. The fourth-order valence-electron chi connectivity index (χ4n) is 6.96. The summed E-state index contributed by atoms with van der Waals surface area (Å²) in [6, 6.07) is 40.9. The minimum absolute atomic E-state index is 0.716. The number of allylic oxidation sites excluding steroid dienone is 12. The van der Waals surface area contributed by atoms with Gasteiger partial charge in [-0.25, -0.2) is 20.0 Å². The molecule has 5 heterocycles. The fraction of sp³-hybridized carbons (Fsp3) is 0. The number of hydrogen-bond donors (Lipinski definition) is 0. The molecule has 0 radical (unpaired) electrons. The number of halogens is 8. The molecule has 4 aromatic carbocycles. The molecule has 8 bridgehead atoms. The van der Waals surface area contributed by atoms with Gasteiger partial charge in [0.05, 0.1) is 81.5 Å². The number of hydrogen-bond acceptors (Lipinski definition) is 4. The maximum Gasteiger partial charge on any atom is 0.0892 e. The smallest absolute Gasteiger partial charge is 0.0892 e. The summed E-state index contributed by atoms with van der Waals surface area (Å²) in [5, 5.41) is 0. The van der Waals surface area contributed by atoms with Gasteiger partial charge in [0.25, 0.3) is 0 Å². The van der Waals surface area contributed by atoms with Gasteiger partial charge in [-0.15, -0.1) is 0 Å². The van der Waals surface area contributed by atoms with Crippen molar-refractivity contribution in [3.63, 3.8) is 0 Å². The highest BCUT2D eigenvalue weighted by Crippen LogP contribution is 2.52. The fourth-order valence-corrected chi connectivity index (χ4v) is 10.8. The summed E-state index contributed by atoms with van der Waals surface area (Å²) in [7, 11) is 0. The second kappa shape index (κ2) is 15.8. The Bertz CT molecular complexity index is 2430. The Hall–Kier alpha value is -2.68. The topological polar surface area (TPSA) is 49.4 Å². The van der Waals surface area contributed by atoms with Crippen molar-refractivity contribution in [1.29, 1.82) is 0 Å². The molecule has 0 aliphatic carbocycles. The molecule has 9 rings (SSSR count). The van der Waals surface area contributed by atoms with Crippen molar-refractivity contribution < 1.29 is 0 Å². The van der Waals surface area contributed by atoms with Crippen molar-refractivity contribution in [2.45, 2.75) is 0 Å². The molecule has 0 amide bonds. The molecule has 4 aromatic rings. The lowest BCUT2D eigenvalue weighted by atomic mass is 9.98. The molecule has 0 saturated carbocycles. The van der Waals surface area contributed by atoms with Crippen molar-refractivity contribution in [2.75, 3.05) is 0 Å². The summed E-state index contributed by atoms with van der Waals surface area (Å²) < 4.78 is 6.30. The van der Waals surface area contributed by atoms with Crippen molar-refractivity contribution in [1.82, 2.24) is 0 Å². The summed E-state index contributed by atoms with van der Waals surface area (Å²) in [5.74, 6) is 0. The largest absolute Gasteiger partial charge is 0.245 e. The van der Waals surface area contributed by atoms with Crippen molar-refractivity contribution in [3.8, 4) is 0 Å². The zero-order valence-electron chi connectivity index (χ0n) is 28.4. The van der Waals surface area contributed by atoms with Crippen LogP contribution in [-0.4, -0.2) is 22.8 Å². The van der Waals surface area contributed by atoms with Crippen LogP contribution in [0.5, 0.6) is 0 Å². The van der Waals surface area contributed by atoms with Crippen LogP contribution in [0.3, 0.4) is 0 Å². The van der Waals surface area contributed by atoms with Crippen molar-refractivity contribution in [2.24, 2.45) is 20.0 Å². The molecule has 0 saturated heterocycles. The summed E-state index contributed by atoms with van der Waals surface area (Å²) in [4.78, 5) is 22.0. The Morgan fingerprint density at radius 3 is 0.589 bits per heavy atom. The molecule has 0 N–H and O–H groups in total. The molecule has 0 unspecified atom stereocenters. The second-order valence-electron chi connectivity index (χ2n) is 12.7. The third kappa shape index (κ3) is 6.51. The maximum absolute atomic E-state index is 5.50. The average molecular weight is 1240 g/mol. The van der Waals surface area contributed by atoms with Crippen molar-refractivity contribution in [3.05, 3.63) is 202 Å². The lowest BCUT2D eigenvalue weighted by Gasteiger charge is -2.13. The van der Waals surface area contributed by atoms with E-state index >= 15 is 0 Å². The summed E-state index contributed by atoms with van der Waals surface area (Å²) in [6.07, 6.45) is 0. The monoisotopic (exact) mass is 1240 g/mol. The maximum atomic E-state index is 5.50. The molecule has 0 fully saturated rings. The van der Waals surface area contributed by atoms with Crippen LogP contribution in [0.1, 0.15) is 22.3 Å². The minimum Gasteiger partial charge on any atom is -0.245 e. The molecule has 5 aliphatic rings. The van der Waals surface area contributed by atoms with E-state index in [2.05, 4.69) is 176 Å². The third-order valence-corrected chi connectivity index (χ3v) is 17.8. The molecule has 4 nitrogen and oxygen atoms in total. The van der Waals surface area contributed by atoms with Crippen LogP contribution in [-0.2, 0) is 0 Å². The lowest BCUT2D eigenvalue weighted by molar-refractivity contribution is 1.40. The van der Waals surface area contributed by atoms with E-state index in [4.69, 9.17) is 20.0 Å². The summed E-state index contributed by atoms with van der Waals surface area (Å²) in [6.45, 7) is 0. The van der Waals surface area contributed by atoms with E-state index in [0.29, 0.717) is 45.6 Å². The number of rotatable bonds is 4. The molecule has 0 aromatic heterocycles. The number of aliphatic imine (C=N–C) groups is 4. The van der Waals surface area contributed by atoms with Gasteiger partial charge in [0.1, 0.15) is 0 Å². The Morgan fingerprint density at radius 2 is 0.411 bits per heavy atom. The Morgan fingerprint density at radius 1 is 0.232 bits per heavy atom. The van der Waals surface area contributed by atoms with E-state index in [-0.39, 0.29) is 0 Å². The Labute approximate surface area is 390 Å². The first-order valence-electron chi connectivity index (χ1n) is 16.9. The Kier molecular flexibility index (Phi) is 11.0. The van der Waals surface area contributed by atoms with Gasteiger partial charge < -0.3 is 0 Å². The van der Waals surface area contributed by atoms with Gasteiger partial charge in [-0.1, -0.05) is 121 Å². The van der Waals surface area contributed by atoms with Crippen LogP contribution in [0.2, 0.25) is 0 Å². The molecule has 5 aliphatic heterocycles. The van der Waals surface area contributed by atoms with Gasteiger partial charge in [0.2, 0.25) is 0 Å². The van der Waals surface area contributed by atoms with Crippen LogP contribution in [0, 0.1) is 0 Å². The minimum atomic E-state index is 0.716. The van der Waals surface area contributed by atoms with Gasteiger partial charge in [-0.2, -0.15) is 0 Å². The average Bonchev–Trinajstić information content (AvgIpc) is 3.89. The van der Waals surface area contributed by atoms with Crippen LogP contribution in [0.15, 0.2) is 200 Å². The SMILES string of the molecule is BrC1=C(Br)C2=C(c3ccccc3)C3=NC(=C(c4ccccc4)C4=NC(=C(c5ccccc5)C5=NC(=C(c6ccccc6)C1=N2)C(Br)=C5Br)C(Br)=C4Br)C(Br)=C3Br. The number of fused-ring (bicyclic) bond motifs is 4. The van der Waals surface area contributed by atoms with E-state index in [1.165, 1.54) is 0 Å². The molecule has 56 heavy (non-hydrogen) atoms. The second-order valence-corrected chi connectivity index (χ2v) is 19.1. The summed E-state index contributed by atoms with van der Waals surface area (Å²) in [5.41, 5.74) is 12.9. The van der Waals surface area contributed by atoms with E-state index < -0.39 is 0 Å². The van der Waals surface area contributed by atoms with Gasteiger partial charge in [0.15, 0.2) is 0 Å². The molecule has 12 heteroatoms. The van der Waals surface area contributed by atoms with Crippen LogP contribution < -0.4 is 0 Å². The first-order chi connectivity index (χ1) is 27.2. The molecular formula is C44H20Br8N4. The van der Waals surface area contributed by atoms with Crippen molar-refractivity contribution >= 4 is 173 Å². The highest BCUT2D eigenvalue weighted by Gasteiger charge is 2.39. The molecule has 272 valence electrons. The third-order valence-electron chi connectivity index (χ3n) is 9.47. The van der Waals surface area contributed by atoms with Crippen LogP contribution >= 0.6 is 127 Å². The first kappa shape index (κ1) is 38.8. The van der Waals surface area contributed by atoms with E-state index in [1.807, 2.05) is 72.8 Å². The lowest BCUT2D eigenvalue weighted by Crippen LogP contribution is -2.05. The van der Waals surface area contributed by atoms with Gasteiger partial charge >= 0.3 is 0 Å². The quantitative estimate of drug-likeness (QED) is 0.196. The summed E-state index contributed by atoms with van der Waals surface area (Å²) >= 11 is 31.9. The van der Waals surface area contributed by atoms with Gasteiger partial charge in [-0.3, -0.25) is 0 Å². The molecule has 0 spiro atoms. The standard InChI is InChI=1S/C44H20Br8N4/c45-29-31(47)39-26(22-15-7-2-8-16-22)41-33(49)35(51)43(55-41)28(24-19-11-4-12-20-24)44-36(52)34(50)42(56-44)27(23-17-9-3-10-18-23)40-32(48)30(46)38(54-40)25(37(29)53-39)21-13-5-1-6-14-21/h1-20H. The Balaban J connectivity index is 1.51. The van der Waals surface area contributed by atoms with E-state index in [0.717, 1.165) is 80.4 Å². The van der Waals surface area contributed by atoms with E-state index in [1.54, 1.807) is 0 Å². The van der Waals surface area contributed by atoms with Crippen LogP contribution in [0.4, 0.5) is 0 Å². The highest BCUT2D eigenvalue weighted by molar-refractivity contribution is 9.15. The predicted octanol–water partition coefficient (Wildman–Crippen LogP) is 15.5. The van der Waals surface area contributed by atoms with Gasteiger partial charge in [-0.05, 0) is 150 Å². The van der Waals surface area contributed by atoms with Gasteiger partial charge in [0, 0.05) is 22.3 Å². The molecular weight excluding hydrogens is 1220 g/mol. The van der Waals surface area contributed by atoms with Crippen LogP contribution in [0.25, 0.3) is 22.3 Å². The predicted molar refractivity (Wildman–Crippen MR) is 263 cm³/mol. The highest BCUT2D eigenvalue weighted by atomic mass is 79.9. The normalized spacial score (nSPS) is 18.6. The first-order valence-corrected chi connectivity index (χ1v) is 23.3. The number of nitrogens with zero attached hydrogens (tertiary/aromatic N) is 4. The molecule has 0 atom stereocenters. The number of benzene rings is 4. The van der Waals surface area contributed by atoms with E-state index in [9.17, 15) is 0 Å².